The van der Waals surface area contributed by atoms with Crippen LogP contribution in [0.25, 0.3) is 28.0 Å². The van der Waals surface area contributed by atoms with Crippen molar-refractivity contribution in [3.63, 3.8) is 0 Å². The van der Waals surface area contributed by atoms with E-state index in [2.05, 4.69) is 31.3 Å². The van der Waals surface area contributed by atoms with Crippen molar-refractivity contribution in [2.45, 2.75) is 12.5 Å². The van der Waals surface area contributed by atoms with Crippen molar-refractivity contribution in [3.8, 4) is 22.4 Å². The first-order chi connectivity index (χ1) is 15.8. The van der Waals surface area contributed by atoms with Crippen molar-refractivity contribution in [1.82, 2.24) is 19.9 Å². The lowest BCUT2D eigenvalue weighted by Crippen LogP contribution is -2.35. The number of aromatic nitrogens is 3. The number of benzene rings is 2. The first kappa shape index (κ1) is 22.1. The molecule has 10 heteroatoms. The summed E-state index contributed by atoms with van der Waals surface area (Å²) in [6.07, 6.45) is 3.59. The summed E-state index contributed by atoms with van der Waals surface area (Å²) < 4.78 is 26.0. The number of carbonyl (C=O) groups excluding carboxylic acids is 1. The van der Waals surface area contributed by atoms with E-state index in [0.717, 1.165) is 26.9 Å². The fourth-order valence-corrected chi connectivity index (χ4v) is 6.32. The Hall–Kier alpha value is -2.75. The van der Waals surface area contributed by atoms with Gasteiger partial charge in [0.2, 0.25) is 0 Å². The molecule has 1 amide bonds. The van der Waals surface area contributed by atoms with Crippen molar-refractivity contribution < 1.29 is 13.2 Å². The van der Waals surface area contributed by atoms with Gasteiger partial charge in [-0.25, -0.2) is 17.9 Å². The largest absolute Gasteiger partial charge is 0.348 e. The molecule has 2 aromatic carbocycles. The lowest BCUT2D eigenvalue weighted by Gasteiger charge is -2.14. The van der Waals surface area contributed by atoms with Crippen LogP contribution in [0, 0.1) is 0 Å². The first-order valence-corrected chi connectivity index (χ1v) is 13.2. The normalized spacial score (nSPS) is 17.3. The topological polar surface area (TPSA) is 93.4 Å². The molecular formula is C23H18BrClN4O3S. The van der Waals surface area contributed by atoms with E-state index in [4.69, 9.17) is 11.6 Å². The Morgan fingerprint density at radius 1 is 1.09 bits per heavy atom. The van der Waals surface area contributed by atoms with E-state index in [1.807, 2.05) is 36.4 Å². The van der Waals surface area contributed by atoms with Gasteiger partial charge in [-0.1, -0.05) is 57.9 Å². The fourth-order valence-electron chi connectivity index (χ4n) is 4.03. The highest BCUT2D eigenvalue weighted by Crippen LogP contribution is 2.36. The first-order valence-electron chi connectivity index (χ1n) is 10.2. The third-order valence-corrected chi connectivity index (χ3v) is 8.33. The van der Waals surface area contributed by atoms with Crippen LogP contribution in [0.2, 0.25) is 5.02 Å². The van der Waals surface area contributed by atoms with E-state index in [9.17, 15) is 13.2 Å². The number of nitrogens with one attached hydrogen (secondary N) is 1. The quantitative estimate of drug-likeness (QED) is 0.410. The van der Waals surface area contributed by atoms with Gasteiger partial charge in [-0.2, -0.15) is 5.10 Å². The summed E-state index contributed by atoms with van der Waals surface area (Å²) in [7, 11) is -3.11. The monoisotopic (exact) mass is 544 g/mol. The van der Waals surface area contributed by atoms with Crippen LogP contribution in [-0.2, 0) is 9.84 Å². The molecule has 1 aliphatic heterocycles. The van der Waals surface area contributed by atoms with Gasteiger partial charge in [0.05, 0.1) is 23.4 Å². The van der Waals surface area contributed by atoms with Gasteiger partial charge in [-0.05, 0) is 30.2 Å². The smallest absolute Gasteiger partial charge is 0.257 e. The highest BCUT2D eigenvalue weighted by Gasteiger charge is 2.30. The summed E-state index contributed by atoms with van der Waals surface area (Å²) in [6, 6.07) is 14.8. The number of rotatable bonds is 4. The molecule has 1 saturated heterocycles. The maximum atomic E-state index is 13.0. The number of halogens is 2. The second kappa shape index (κ2) is 8.55. The average molecular weight is 546 g/mol. The zero-order valence-corrected chi connectivity index (χ0v) is 20.4. The molecule has 1 unspecified atom stereocenters. The molecule has 2 aromatic heterocycles. The van der Waals surface area contributed by atoms with Crippen LogP contribution in [0.5, 0.6) is 0 Å². The second-order valence-corrected chi connectivity index (χ2v) is 11.4. The van der Waals surface area contributed by atoms with Crippen molar-refractivity contribution in [3.05, 3.63) is 76.0 Å². The van der Waals surface area contributed by atoms with Gasteiger partial charge in [-0.3, -0.25) is 4.79 Å². The Kier molecular flexibility index (Phi) is 5.72. The van der Waals surface area contributed by atoms with E-state index < -0.39 is 21.8 Å². The van der Waals surface area contributed by atoms with Crippen molar-refractivity contribution in [2.75, 3.05) is 11.5 Å². The van der Waals surface area contributed by atoms with E-state index in [-0.39, 0.29) is 17.1 Å². The average Bonchev–Trinajstić information content (AvgIpc) is 3.37. The van der Waals surface area contributed by atoms with Gasteiger partial charge in [0.1, 0.15) is 5.56 Å². The van der Waals surface area contributed by atoms with Crippen LogP contribution >= 0.6 is 27.5 Å². The lowest BCUT2D eigenvalue weighted by molar-refractivity contribution is 0.0942. The van der Waals surface area contributed by atoms with Gasteiger partial charge in [0.15, 0.2) is 15.5 Å². The van der Waals surface area contributed by atoms with Crippen molar-refractivity contribution >= 4 is 48.9 Å². The summed E-state index contributed by atoms with van der Waals surface area (Å²) in [4.78, 5) is 17.5. The lowest BCUT2D eigenvalue weighted by atomic mass is 10.0. The standard InChI is InChI=1S/C23H18BrClN4O3S/c24-20-4-2-1-3-17(20)18-11-26-22-19(23(30)28-16-9-10-33(31,32)13-16)12-27-29(22)21(18)14-5-7-15(25)8-6-14/h1-8,11-12,16H,9-10,13H2,(H,28,30). The molecular weight excluding hydrogens is 528 g/mol. The van der Waals surface area contributed by atoms with Crippen molar-refractivity contribution in [1.29, 1.82) is 0 Å². The van der Waals surface area contributed by atoms with E-state index >= 15 is 0 Å². The molecule has 0 bridgehead atoms. The number of hydrogen-bond acceptors (Lipinski definition) is 5. The molecule has 7 nitrogen and oxygen atoms in total. The number of carbonyl (C=O) groups is 1. The molecule has 0 spiro atoms. The molecule has 1 N–H and O–H groups in total. The minimum atomic E-state index is -3.11. The summed E-state index contributed by atoms with van der Waals surface area (Å²) in [6.45, 7) is 0. The van der Waals surface area contributed by atoms with Gasteiger partial charge in [0, 0.05) is 32.9 Å². The van der Waals surface area contributed by atoms with Gasteiger partial charge in [0.25, 0.3) is 5.91 Å². The van der Waals surface area contributed by atoms with E-state index in [0.29, 0.717) is 17.1 Å². The maximum absolute atomic E-state index is 13.0. The number of nitrogens with zero attached hydrogens (tertiary/aromatic N) is 3. The van der Waals surface area contributed by atoms with Gasteiger partial charge < -0.3 is 5.32 Å². The van der Waals surface area contributed by atoms with Crippen LogP contribution in [-0.4, -0.2) is 46.5 Å². The molecule has 0 aliphatic carbocycles. The number of fused-ring (bicyclic) bond motifs is 1. The summed E-state index contributed by atoms with van der Waals surface area (Å²) in [5.74, 6) is -0.357. The molecule has 1 atom stereocenters. The van der Waals surface area contributed by atoms with Crippen LogP contribution in [0.4, 0.5) is 0 Å². The van der Waals surface area contributed by atoms with Crippen LogP contribution in [0.15, 0.2) is 65.4 Å². The SMILES string of the molecule is O=C(NC1CCS(=O)(=O)C1)c1cnn2c(-c3ccc(Cl)cc3)c(-c3ccccc3Br)cnc12. The third kappa shape index (κ3) is 4.28. The highest BCUT2D eigenvalue weighted by atomic mass is 79.9. The summed E-state index contributed by atoms with van der Waals surface area (Å²) in [5, 5.41) is 7.91. The molecule has 168 valence electrons. The zero-order valence-electron chi connectivity index (χ0n) is 17.2. The predicted molar refractivity (Wildman–Crippen MR) is 131 cm³/mol. The molecule has 4 aromatic rings. The minimum absolute atomic E-state index is 0.0480. The molecule has 33 heavy (non-hydrogen) atoms. The molecule has 5 rings (SSSR count). The number of sulfone groups is 1. The maximum Gasteiger partial charge on any atom is 0.257 e. The number of amides is 1. The summed E-state index contributed by atoms with van der Waals surface area (Å²) >= 11 is 9.72. The molecule has 1 aliphatic rings. The van der Waals surface area contributed by atoms with Gasteiger partial charge >= 0.3 is 0 Å². The van der Waals surface area contributed by atoms with Gasteiger partial charge in [-0.15, -0.1) is 0 Å². The molecule has 0 saturated carbocycles. The van der Waals surface area contributed by atoms with Crippen LogP contribution in [0.3, 0.4) is 0 Å². The minimum Gasteiger partial charge on any atom is -0.348 e. The van der Waals surface area contributed by atoms with E-state index in [1.54, 1.807) is 22.8 Å². The Morgan fingerprint density at radius 3 is 2.55 bits per heavy atom. The molecule has 1 fully saturated rings. The zero-order chi connectivity index (χ0) is 23.2. The second-order valence-electron chi connectivity index (χ2n) is 7.87. The molecule has 0 radical (unpaired) electrons. The van der Waals surface area contributed by atoms with Crippen molar-refractivity contribution in [2.24, 2.45) is 0 Å². The molecule has 3 heterocycles. The van der Waals surface area contributed by atoms with E-state index in [1.165, 1.54) is 6.20 Å². The van der Waals surface area contributed by atoms with Crippen LogP contribution < -0.4 is 5.32 Å². The Balaban J connectivity index is 1.63. The highest BCUT2D eigenvalue weighted by molar-refractivity contribution is 9.10. The predicted octanol–water partition coefficient (Wildman–Crippen LogP) is 4.40. The third-order valence-electron chi connectivity index (χ3n) is 5.62. The summed E-state index contributed by atoms with van der Waals surface area (Å²) in [5.41, 5.74) is 4.03. The fraction of sp³-hybridized carbons (Fsp3) is 0.174. The Morgan fingerprint density at radius 2 is 1.85 bits per heavy atom. The Bertz CT molecular complexity index is 1490. The Labute approximate surface area is 203 Å². The number of hydrogen-bond donors (Lipinski definition) is 1. The van der Waals surface area contributed by atoms with Crippen LogP contribution in [0.1, 0.15) is 16.8 Å².